The standard InChI is InChI=1S/C54H60Br2N4O6/c1-53(2,3)41-23-15-37(16-24-41)49-57-59-51(65-49)39-19-27-43(28-20-39)61-31-11-7-9-13-33-63-47-35-46(56)48(36-45(47)55)64-34-14-10-8-12-32-62-44-29-21-40(22-30-44)52-60-58-50(66-52)38-17-25-42(26-18-38)54(4,5)6/h15-30,35-36H,7-14,31-34H2,1-6H3. The lowest BCUT2D eigenvalue weighted by Gasteiger charge is -2.18. The minimum atomic E-state index is 0.0887. The summed E-state index contributed by atoms with van der Waals surface area (Å²) in [7, 11) is 0. The first-order valence-electron chi connectivity index (χ1n) is 22.9. The van der Waals surface area contributed by atoms with Gasteiger partial charge in [0.2, 0.25) is 23.6 Å². The molecule has 0 aliphatic heterocycles. The zero-order valence-corrected chi connectivity index (χ0v) is 42.0. The van der Waals surface area contributed by atoms with Crippen LogP contribution in [0, 0.1) is 0 Å². The number of aromatic nitrogens is 4. The predicted molar refractivity (Wildman–Crippen MR) is 268 cm³/mol. The first kappa shape index (κ1) is 48.5. The Morgan fingerprint density at radius 2 is 0.652 bits per heavy atom. The highest BCUT2D eigenvalue weighted by Crippen LogP contribution is 2.37. The van der Waals surface area contributed by atoms with E-state index in [4.69, 9.17) is 27.8 Å². The summed E-state index contributed by atoms with van der Waals surface area (Å²) in [6.07, 6.45) is 8.06. The highest BCUT2D eigenvalue weighted by molar-refractivity contribution is 9.11. The van der Waals surface area contributed by atoms with Crippen LogP contribution in [0.5, 0.6) is 23.0 Å². The van der Waals surface area contributed by atoms with Gasteiger partial charge in [0.05, 0.1) is 35.4 Å². The van der Waals surface area contributed by atoms with Crippen molar-refractivity contribution in [3.05, 3.63) is 129 Å². The zero-order valence-electron chi connectivity index (χ0n) is 38.9. The third-order valence-electron chi connectivity index (χ3n) is 11.2. The molecular formula is C54H60Br2N4O6. The van der Waals surface area contributed by atoms with Gasteiger partial charge in [-0.25, -0.2) is 0 Å². The third-order valence-corrected chi connectivity index (χ3v) is 12.4. The van der Waals surface area contributed by atoms with Crippen molar-refractivity contribution >= 4 is 31.9 Å². The van der Waals surface area contributed by atoms with Gasteiger partial charge in [0, 0.05) is 22.3 Å². The second kappa shape index (κ2) is 22.8. The van der Waals surface area contributed by atoms with Gasteiger partial charge in [0.25, 0.3) is 0 Å². The normalized spacial score (nSPS) is 11.8. The molecule has 10 nitrogen and oxygen atoms in total. The van der Waals surface area contributed by atoms with Gasteiger partial charge in [-0.2, -0.15) is 0 Å². The quantitative estimate of drug-likeness (QED) is 0.0608. The highest BCUT2D eigenvalue weighted by atomic mass is 79.9. The molecule has 5 aromatic carbocycles. The van der Waals surface area contributed by atoms with Gasteiger partial charge in [-0.15, -0.1) is 20.4 Å². The first-order chi connectivity index (χ1) is 31.8. The molecule has 0 saturated heterocycles. The molecule has 0 amide bonds. The average Bonchev–Trinajstić information content (AvgIpc) is 4.01. The number of hydrogen-bond acceptors (Lipinski definition) is 10. The van der Waals surface area contributed by atoms with E-state index in [1.807, 2.05) is 84.9 Å². The molecule has 0 radical (unpaired) electrons. The van der Waals surface area contributed by atoms with Crippen molar-refractivity contribution in [2.45, 2.75) is 104 Å². The van der Waals surface area contributed by atoms with Crippen LogP contribution in [0.15, 0.2) is 127 Å². The molecule has 2 heterocycles. The van der Waals surface area contributed by atoms with Crippen LogP contribution in [0.1, 0.15) is 104 Å². The Balaban J connectivity index is 0.713. The lowest BCUT2D eigenvalue weighted by atomic mass is 9.87. The summed E-state index contributed by atoms with van der Waals surface area (Å²) in [5.41, 5.74) is 6.22. The molecule has 0 fully saturated rings. The van der Waals surface area contributed by atoms with Crippen molar-refractivity contribution < 1.29 is 27.8 Å². The summed E-state index contributed by atoms with van der Waals surface area (Å²) in [6, 6.07) is 36.1. The second-order valence-corrected chi connectivity index (χ2v) is 20.2. The maximum absolute atomic E-state index is 6.10. The minimum Gasteiger partial charge on any atom is -0.494 e. The van der Waals surface area contributed by atoms with Crippen molar-refractivity contribution in [2.24, 2.45) is 0 Å². The van der Waals surface area contributed by atoms with Crippen molar-refractivity contribution in [1.29, 1.82) is 0 Å². The summed E-state index contributed by atoms with van der Waals surface area (Å²) >= 11 is 7.33. The maximum atomic E-state index is 6.10. The first-order valence-corrected chi connectivity index (χ1v) is 24.5. The summed E-state index contributed by atoms with van der Waals surface area (Å²) < 4.78 is 37.9. The topological polar surface area (TPSA) is 115 Å². The number of benzene rings is 5. The fourth-order valence-corrected chi connectivity index (χ4v) is 7.99. The molecule has 0 aliphatic rings. The van der Waals surface area contributed by atoms with Crippen molar-refractivity contribution in [3.63, 3.8) is 0 Å². The van der Waals surface area contributed by atoms with Gasteiger partial charge in [0.1, 0.15) is 23.0 Å². The average molecular weight is 1020 g/mol. The van der Waals surface area contributed by atoms with Crippen LogP contribution in [-0.4, -0.2) is 46.8 Å². The smallest absolute Gasteiger partial charge is 0.248 e. The van der Waals surface area contributed by atoms with E-state index in [2.05, 4.69) is 118 Å². The lowest BCUT2D eigenvalue weighted by Crippen LogP contribution is -2.10. The third kappa shape index (κ3) is 13.8. The minimum absolute atomic E-state index is 0.0887. The Morgan fingerprint density at radius 1 is 0.379 bits per heavy atom. The van der Waals surface area contributed by atoms with E-state index in [-0.39, 0.29) is 10.8 Å². The summed E-state index contributed by atoms with van der Waals surface area (Å²) in [6.45, 7) is 15.8. The van der Waals surface area contributed by atoms with Gasteiger partial charge in [-0.05, 0) is 190 Å². The maximum Gasteiger partial charge on any atom is 0.248 e. The molecule has 0 bridgehead atoms. The van der Waals surface area contributed by atoms with Crippen LogP contribution in [-0.2, 0) is 10.8 Å². The summed E-state index contributed by atoms with van der Waals surface area (Å²) in [5.74, 6) is 5.21. The van der Waals surface area contributed by atoms with Gasteiger partial charge in [0.15, 0.2) is 0 Å². The van der Waals surface area contributed by atoms with E-state index >= 15 is 0 Å². The fraction of sp³-hybridized carbons (Fsp3) is 0.370. The Morgan fingerprint density at radius 3 is 0.939 bits per heavy atom. The Bertz CT molecular complexity index is 2400. The number of ether oxygens (including phenoxy) is 4. The molecular weight excluding hydrogens is 960 g/mol. The van der Waals surface area contributed by atoms with Crippen molar-refractivity contribution in [2.75, 3.05) is 26.4 Å². The fourth-order valence-electron chi connectivity index (χ4n) is 7.12. The largest absolute Gasteiger partial charge is 0.494 e. The van der Waals surface area contributed by atoms with Crippen molar-refractivity contribution in [3.8, 4) is 68.8 Å². The molecule has 12 heteroatoms. The second-order valence-electron chi connectivity index (χ2n) is 18.5. The molecule has 0 spiro atoms. The molecule has 346 valence electrons. The van der Waals surface area contributed by atoms with E-state index in [0.717, 1.165) is 106 Å². The van der Waals surface area contributed by atoms with E-state index in [1.54, 1.807) is 0 Å². The van der Waals surface area contributed by atoms with Crippen LogP contribution < -0.4 is 18.9 Å². The number of halogens is 2. The molecule has 0 atom stereocenters. The molecule has 2 aromatic heterocycles. The van der Waals surface area contributed by atoms with E-state index < -0.39 is 0 Å². The van der Waals surface area contributed by atoms with Gasteiger partial charge in [-0.3, -0.25) is 0 Å². The van der Waals surface area contributed by atoms with E-state index in [0.29, 0.717) is 50.0 Å². The van der Waals surface area contributed by atoms with Crippen LogP contribution in [0.25, 0.3) is 45.8 Å². The van der Waals surface area contributed by atoms with Crippen LogP contribution in [0.3, 0.4) is 0 Å². The molecule has 7 aromatic rings. The molecule has 0 N–H and O–H groups in total. The molecule has 7 rings (SSSR count). The van der Waals surface area contributed by atoms with Gasteiger partial charge in [-0.1, -0.05) is 65.8 Å². The Labute approximate surface area is 406 Å². The van der Waals surface area contributed by atoms with E-state index in [9.17, 15) is 0 Å². The number of nitrogens with zero attached hydrogens (tertiary/aromatic N) is 4. The molecule has 0 unspecified atom stereocenters. The van der Waals surface area contributed by atoms with Crippen molar-refractivity contribution in [1.82, 2.24) is 20.4 Å². The number of hydrogen-bond donors (Lipinski definition) is 0. The number of unbranched alkanes of at least 4 members (excludes halogenated alkanes) is 6. The zero-order chi connectivity index (χ0) is 46.5. The highest BCUT2D eigenvalue weighted by Gasteiger charge is 2.18. The van der Waals surface area contributed by atoms with E-state index in [1.165, 1.54) is 11.1 Å². The van der Waals surface area contributed by atoms with Gasteiger partial charge < -0.3 is 27.8 Å². The van der Waals surface area contributed by atoms with Crippen LogP contribution >= 0.6 is 31.9 Å². The summed E-state index contributed by atoms with van der Waals surface area (Å²) in [5, 5.41) is 17.1. The summed E-state index contributed by atoms with van der Waals surface area (Å²) in [4.78, 5) is 0. The Kier molecular flexibility index (Phi) is 16.8. The molecule has 0 aliphatic carbocycles. The van der Waals surface area contributed by atoms with Crippen LogP contribution in [0.2, 0.25) is 0 Å². The number of rotatable bonds is 22. The lowest BCUT2D eigenvalue weighted by molar-refractivity contribution is 0.282. The Hall–Kier alpha value is -5.46. The molecule has 0 saturated carbocycles. The predicted octanol–water partition coefficient (Wildman–Crippen LogP) is 15.3. The SMILES string of the molecule is CC(C)(C)c1ccc(-c2nnc(-c3ccc(OCCCCCCOc4cc(Br)c(OCCCCCCOc5ccc(-c6nnc(-c7ccc(C(C)(C)C)cc7)o6)cc5)cc4Br)cc3)o2)cc1. The molecule has 66 heavy (non-hydrogen) atoms. The van der Waals surface area contributed by atoms with Gasteiger partial charge >= 0.3 is 0 Å². The monoisotopic (exact) mass is 1020 g/mol. The van der Waals surface area contributed by atoms with Crippen LogP contribution in [0.4, 0.5) is 0 Å².